The minimum Gasteiger partial charge on any atom is -0.457 e. The summed E-state index contributed by atoms with van der Waals surface area (Å²) in [4.78, 5) is 26.8. The number of hydrogen-bond acceptors (Lipinski definition) is 4. The molecule has 0 fully saturated rings. The Balaban J connectivity index is 0.991. The number of carbonyl (C=O) groups is 2. The summed E-state index contributed by atoms with van der Waals surface area (Å²) in [6, 6.07) is 29.8. The molecule has 4 atom stereocenters. The summed E-state index contributed by atoms with van der Waals surface area (Å²) >= 11 is 0. The van der Waals surface area contributed by atoms with Crippen LogP contribution in [0, 0.1) is 35.5 Å². The summed E-state index contributed by atoms with van der Waals surface area (Å²) in [5.41, 5.74) is 8.05. The maximum Gasteiger partial charge on any atom is 0.309 e. The lowest BCUT2D eigenvalue weighted by Gasteiger charge is -2.25. The van der Waals surface area contributed by atoms with Gasteiger partial charge < -0.3 is 9.47 Å². The maximum atomic E-state index is 13.4. The number of esters is 2. The number of fused-ring (bicyclic) bond motifs is 4. The van der Waals surface area contributed by atoms with E-state index in [4.69, 9.17) is 9.47 Å². The molecule has 66 heavy (non-hydrogen) atoms. The van der Waals surface area contributed by atoms with Gasteiger partial charge in [0.2, 0.25) is 0 Å². The van der Waals surface area contributed by atoms with E-state index in [-0.39, 0.29) is 36.0 Å². The minimum atomic E-state index is -0.253. The Hall–Kier alpha value is -5.84. The predicted molar refractivity (Wildman–Crippen MR) is 275 cm³/mol. The number of unbranched alkanes of at least 4 members (excludes halogenated alkanes) is 8. The summed E-state index contributed by atoms with van der Waals surface area (Å²) in [6.45, 7) is 8.81. The van der Waals surface area contributed by atoms with Crippen molar-refractivity contribution in [3.05, 3.63) is 142 Å². The molecule has 4 nitrogen and oxygen atoms in total. The maximum absolute atomic E-state index is 13.4. The predicted octanol–water partition coefficient (Wildman–Crippen LogP) is 16.3. The van der Waals surface area contributed by atoms with E-state index < -0.39 is 0 Å². The van der Waals surface area contributed by atoms with Crippen LogP contribution in [-0.2, 0) is 19.1 Å². The van der Waals surface area contributed by atoms with Crippen LogP contribution in [0.1, 0.15) is 200 Å². The molecule has 0 saturated heterocycles. The van der Waals surface area contributed by atoms with Crippen LogP contribution < -0.4 is 0 Å². The number of ether oxygens (including phenoxy) is 2. The summed E-state index contributed by atoms with van der Waals surface area (Å²) in [5, 5.41) is 4.59. The molecular weight excluding hydrogens is 809 g/mol. The number of carbonyl (C=O) groups excluding carboxylic acids is 2. The van der Waals surface area contributed by atoms with E-state index in [2.05, 4.69) is 161 Å². The molecule has 4 unspecified atom stereocenters. The SMILES string of the molecule is CCCCCCC(CCCC)C(=O)OC1CC=Cc2cc(C#Cc3ccc4cc5cc(C#Cc6ccc7c(c6)C=CCC7OC(=O)C(CCCC)CCCCCC)ccc5cc4c3)ccc21. The highest BCUT2D eigenvalue weighted by Crippen LogP contribution is 2.35. The highest BCUT2D eigenvalue weighted by molar-refractivity contribution is 5.99. The standard InChI is InChI=1S/C62H70O4/c1-5-9-13-15-21-49(19-11-7-3)61(63)65-59-25-17-23-53-39-47(33-37-57(53)59)29-27-45-31-35-51-44-56-42-46(32-36-52(56)43-55(51)41-45)28-30-48-34-38-58-54(40-48)24-18-26-60(58)66-62(64)50(20-12-8-4)22-16-14-10-6-2/h17-18,23-24,31-44,49-50,59-60H,5-16,19-22,25-26H2,1-4H3. The van der Waals surface area contributed by atoms with E-state index in [1.165, 1.54) is 38.5 Å². The zero-order valence-corrected chi connectivity index (χ0v) is 40.1. The van der Waals surface area contributed by atoms with Crippen LogP contribution in [0.4, 0.5) is 0 Å². The Labute approximate surface area is 395 Å². The normalized spacial score (nSPS) is 15.8. The van der Waals surface area contributed by atoms with Crippen LogP contribution in [-0.4, -0.2) is 11.9 Å². The van der Waals surface area contributed by atoms with Gasteiger partial charge in [0, 0.05) is 46.2 Å². The molecule has 0 saturated carbocycles. The Morgan fingerprint density at radius 1 is 0.455 bits per heavy atom. The van der Waals surface area contributed by atoms with E-state index in [1.54, 1.807) is 0 Å². The molecule has 0 heterocycles. The van der Waals surface area contributed by atoms with Crippen molar-refractivity contribution in [3.8, 4) is 23.7 Å². The van der Waals surface area contributed by atoms with Gasteiger partial charge in [-0.05, 0) is 119 Å². The molecule has 5 aromatic carbocycles. The molecule has 2 aliphatic rings. The van der Waals surface area contributed by atoms with Crippen LogP contribution in [0.25, 0.3) is 33.7 Å². The van der Waals surface area contributed by atoms with Gasteiger partial charge >= 0.3 is 11.9 Å². The van der Waals surface area contributed by atoms with Crippen molar-refractivity contribution in [2.45, 2.75) is 155 Å². The van der Waals surface area contributed by atoms with Crippen molar-refractivity contribution in [3.63, 3.8) is 0 Å². The molecule has 5 aromatic rings. The monoisotopic (exact) mass is 879 g/mol. The van der Waals surface area contributed by atoms with Gasteiger partial charge in [-0.1, -0.05) is 177 Å². The van der Waals surface area contributed by atoms with Gasteiger partial charge in [0.05, 0.1) is 11.8 Å². The summed E-state index contributed by atoms with van der Waals surface area (Å²) in [6.07, 6.45) is 26.7. The first-order valence-electron chi connectivity index (χ1n) is 25.4. The van der Waals surface area contributed by atoms with E-state index in [1.807, 2.05) is 0 Å². The third-order valence-corrected chi connectivity index (χ3v) is 13.5. The van der Waals surface area contributed by atoms with Crippen molar-refractivity contribution in [1.82, 2.24) is 0 Å². The molecule has 0 amide bonds. The third kappa shape index (κ3) is 13.2. The van der Waals surface area contributed by atoms with E-state index >= 15 is 0 Å². The summed E-state index contributed by atoms with van der Waals surface area (Å²) in [5.74, 6) is 13.5. The molecular formula is C62H70O4. The molecule has 0 N–H and O–H groups in total. The lowest BCUT2D eigenvalue weighted by atomic mass is 9.92. The van der Waals surface area contributed by atoms with Gasteiger partial charge in [0.15, 0.2) is 0 Å². The average molecular weight is 879 g/mol. The van der Waals surface area contributed by atoms with Crippen LogP contribution in [0.5, 0.6) is 0 Å². The number of benzene rings is 5. The van der Waals surface area contributed by atoms with E-state index in [0.717, 1.165) is 130 Å². The van der Waals surface area contributed by atoms with Crippen LogP contribution in [0.2, 0.25) is 0 Å². The molecule has 0 bridgehead atoms. The van der Waals surface area contributed by atoms with E-state index in [9.17, 15) is 9.59 Å². The molecule has 0 spiro atoms. The topological polar surface area (TPSA) is 52.6 Å². The Bertz CT molecular complexity index is 2460. The molecule has 0 aromatic heterocycles. The van der Waals surface area contributed by atoms with Crippen molar-refractivity contribution in [2.24, 2.45) is 11.8 Å². The van der Waals surface area contributed by atoms with Crippen molar-refractivity contribution >= 4 is 45.6 Å². The van der Waals surface area contributed by atoms with Crippen LogP contribution in [0.15, 0.2) is 97.1 Å². The van der Waals surface area contributed by atoms with Gasteiger partial charge in [-0.3, -0.25) is 9.59 Å². The lowest BCUT2D eigenvalue weighted by molar-refractivity contribution is -0.156. The largest absolute Gasteiger partial charge is 0.457 e. The molecule has 0 aliphatic heterocycles. The first kappa shape index (κ1) is 48.1. The third-order valence-electron chi connectivity index (χ3n) is 13.5. The van der Waals surface area contributed by atoms with Crippen molar-refractivity contribution in [1.29, 1.82) is 0 Å². The Morgan fingerprint density at radius 2 is 0.833 bits per heavy atom. The smallest absolute Gasteiger partial charge is 0.309 e. The van der Waals surface area contributed by atoms with Gasteiger partial charge in [-0.25, -0.2) is 0 Å². The van der Waals surface area contributed by atoms with E-state index in [0.29, 0.717) is 12.8 Å². The Kier molecular flexibility index (Phi) is 17.9. The molecule has 7 rings (SSSR count). The second-order valence-electron chi connectivity index (χ2n) is 18.7. The fourth-order valence-electron chi connectivity index (χ4n) is 9.51. The average Bonchev–Trinajstić information content (AvgIpc) is 3.33. The second kappa shape index (κ2) is 24.6. The fraction of sp³-hybridized carbons (Fsp3) is 0.419. The number of rotatable bonds is 20. The second-order valence-corrected chi connectivity index (χ2v) is 18.7. The summed E-state index contributed by atoms with van der Waals surface area (Å²) in [7, 11) is 0. The quantitative estimate of drug-likeness (QED) is 0.0338. The molecule has 4 heteroatoms. The van der Waals surface area contributed by atoms with Crippen molar-refractivity contribution in [2.75, 3.05) is 0 Å². The highest BCUT2D eigenvalue weighted by Gasteiger charge is 2.27. The van der Waals surface area contributed by atoms with Gasteiger partial charge in [0.1, 0.15) is 12.2 Å². The van der Waals surface area contributed by atoms with Crippen molar-refractivity contribution < 1.29 is 19.1 Å². The van der Waals surface area contributed by atoms with Gasteiger partial charge in [-0.15, -0.1) is 0 Å². The summed E-state index contributed by atoms with van der Waals surface area (Å²) < 4.78 is 12.4. The minimum absolute atomic E-state index is 0.0167. The van der Waals surface area contributed by atoms with Crippen LogP contribution in [0.3, 0.4) is 0 Å². The first-order chi connectivity index (χ1) is 32.3. The zero-order valence-electron chi connectivity index (χ0n) is 40.1. The van der Waals surface area contributed by atoms with Gasteiger partial charge in [0.25, 0.3) is 0 Å². The highest BCUT2D eigenvalue weighted by atomic mass is 16.5. The molecule has 342 valence electrons. The fourth-order valence-corrected chi connectivity index (χ4v) is 9.51. The van der Waals surface area contributed by atoms with Crippen LogP contribution >= 0.6 is 0 Å². The lowest BCUT2D eigenvalue weighted by Crippen LogP contribution is -2.21. The first-order valence-corrected chi connectivity index (χ1v) is 25.4. The van der Waals surface area contributed by atoms with Gasteiger partial charge in [-0.2, -0.15) is 0 Å². The molecule has 0 radical (unpaired) electrons. The zero-order chi connectivity index (χ0) is 46.1. The molecule has 2 aliphatic carbocycles. The number of hydrogen-bond donors (Lipinski definition) is 0. The Morgan fingerprint density at radius 3 is 1.24 bits per heavy atom.